The van der Waals surface area contributed by atoms with Gasteiger partial charge in [0.1, 0.15) is 6.04 Å². The number of halogens is 4. The van der Waals surface area contributed by atoms with E-state index < -0.39 is 6.04 Å². The van der Waals surface area contributed by atoms with Crippen LogP contribution in [0.3, 0.4) is 0 Å². The van der Waals surface area contributed by atoms with Gasteiger partial charge in [-0.05, 0) is 50.1 Å². The van der Waals surface area contributed by atoms with E-state index in [9.17, 15) is 9.59 Å². The molecule has 0 aromatic heterocycles. The molecule has 0 saturated carbocycles. The maximum atomic E-state index is 13.3. The zero-order valence-electron chi connectivity index (χ0n) is 17.0. The number of rotatable bonds is 8. The maximum absolute atomic E-state index is 13.3. The van der Waals surface area contributed by atoms with Crippen molar-refractivity contribution in [2.45, 2.75) is 52.2 Å². The molecule has 0 spiro atoms. The highest BCUT2D eigenvalue weighted by atomic mass is 35.5. The van der Waals surface area contributed by atoms with Crippen LogP contribution in [0, 0.1) is 0 Å². The van der Waals surface area contributed by atoms with Gasteiger partial charge in [0.05, 0.1) is 6.42 Å². The van der Waals surface area contributed by atoms with Gasteiger partial charge in [0, 0.05) is 38.2 Å². The first-order chi connectivity index (χ1) is 14.1. The van der Waals surface area contributed by atoms with E-state index in [0.29, 0.717) is 31.2 Å². The van der Waals surface area contributed by atoms with E-state index in [4.69, 9.17) is 46.4 Å². The molecule has 4 nitrogen and oxygen atoms in total. The van der Waals surface area contributed by atoms with Gasteiger partial charge in [-0.2, -0.15) is 0 Å². The smallest absolute Gasteiger partial charge is 0.242 e. The second-order valence-electron chi connectivity index (χ2n) is 7.09. The van der Waals surface area contributed by atoms with Crippen LogP contribution in [0.4, 0.5) is 0 Å². The number of nitrogens with one attached hydrogen (secondary N) is 1. The fourth-order valence-corrected chi connectivity index (χ4v) is 3.90. The molecule has 0 aliphatic heterocycles. The lowest BCUT2D eigenvalue weighted by atomic mass is 10.1. The summed E-state index contributed by atoms with van der Waals surface area (Å²) in [6, 6.07) is 9.40. The van der Waals surface area contributed by atoms with Crippen LogP contribution in [0.25, 0.3) is 0 Å². The summed E-state index contributed by atoms with van der Waals surface area (Å²) in [6.45, 7) is 5.63. The van der Waals surface area contributed by atoms with Crippen LogP contribution in [-0.2, 0) is 22.6 Å². The Hall–Kier alpha value is -1.46. The number of hydrogen-bond donors (Lipinski definition) is 1. The summed E-state index contributed by atoms with van der Waals surface area (Å²) >= 11 is 25.1. The van der Waals surface area contributed by atoms with Gasteiger partial charge in [-0.25, -0.2) is 0 Å². The number of benzene rings is 2. The highest BCUT2D eigenvalue weighted by Crippen LogP contribution is 2.29. The van der Waals surface area contributed by atoms with E-state index in [1.165, 1.54) is 4.90 Å². The first-order valence-electron chi connectivity index (χ1n) is 9.61. The molecule has 0 heterocycles. The van der Waals surface area contributed by atoms with Crippen molar-refractivity contribution in [2.75, 3.05) is 0 Å². The van der Waals surface area contributed by atoms with E-state index in [0.717, 1.165) is 6.42 Å². The third-order valence-electron chi connectivity index (χ3n) is 4.95. The minimum Gasteiger partial charge on any atom is -0.352 e. The second kappa shape index (κ2) is 11.2. The monoisotopic (exact) mass is 488 g/mol. The molecule has 2 unspecified atom stereocenters. The second-order valence-corrected chi connectivity index (χ2v) is 8.72. The van der Waals surface area contributed by atoms with Crippen LogP contribution >= 0.6 is 46.4 Å². The molecule has 30 heavy (non-hydrogen) atoms. The van der Waals surface area contributed by atoms with E-state index in [-0.39, 0.29) is 30.8 Å². The Morgan fingerprint density at radius 2 is 1.37 bits per heavy atom. The van der Waals surface area contributed by atoms with Crippen molar-refractivity contribution >= 4 is 58.2 Å². The minimum absolute atomic E-state index is 0.0150. The highest BCUT2D eigenvalue weighted by molar-refractivity contribution is 6.36. The summed E-state index contributed by atoms with van der Waals surface area (Å²) in [5.74, 6) is -0.570. The van der Waals surface area contributed by atoms with Crippen molar-refractivity contribution < 1.29 is 9.59 Å². The third kappa shape index (κ3) is 6.27. The molecule has 0 bridgehead atoms. The molecule has 0 aliphatic carbocycles. The van der Waals surface area contributed by atoms with Crippen LogP contribution < -0.4 is 5.32 Å². The summed E-state index contributed by atoms with van der Waals surface area (Å²) in [4.78, 5) is 27.5. The standard InChI is InChI=1S/C22H24Cl4N2O2/c1-4-13(2)27-22(30)14(3)28(12-16-19(25)9-6-10-20(16)26)21(29)11-15-17(23)7-5-8-18(15)24/h5-10,13-14H,4,11-12H2,1-3H3,(H,27,30). The molecular weight excluding hydrogens is 466 g/mol. The lowest BCUT2D eigenvalue weighted by Crippen LogP contribution is -2.50. The van der Waals surface area contributed by atoms with Crippen LogP contribution in [0.15, 0.2) is 36.4 Å². The number of carbonyl (C=O) groups is 2. The molecule has 2 aromatic rings. The minimum atomic E-state index is -0.750. The Balaban J connectivity index is 2.37. The zero-order valence-corrected chi connectivity index (χ0v) is 20.0. The Labute approximate surface area is 197 Å². The van der Waals surface area contributed by atoms with E-state index in [1.54, 1.807) is 43.3 Å². The molecule has 8 heteroatoms. The molecule has 2 aromatic carbocycles. The van der Waals surface area contributed by atoms with Crippen LogP contribution in [0.5, 0.6) is 0 Å². The summed E-state index contributed by atoms with van der Waals surface area (Å²) < 4.78 is 0. The molecule has 0 aliphatic rings. The van der Waals surface area contributed by atoms with Gasteiger partial charge in [-0.1, -0.05) is 65.5 Å². The van der Waals surface area contributed by atoms with E-state index in [1.807, 2.05) is 13.8 Å². The molecule has 0 radical (unpaired) electrons. The molecule has 0 saturated heterocycles. The maximum Gasteiger partial charge on any atom is 0.242 e. The van der Waals surface area contributed by atoms with Gasteiger partial charge in [-0.15, -0.1) is 0 Å². The van der Waals surface area contributed by atoms with Gasteiger partial charge in [0.25, 0.3) is 0 Å². The Morgan fingerprint density at radius 1 is 0.900 bits per heavy atom. The van der Waals surface area contributed by atoms with Gasteiger partial charge in [0.2, 0.25) is 11.8 Å². The predicted molar refractivity (Wildman–Crippen MR) is 125 cm³/mol. The quantitative estimate of drug-likeness (QED) is 0.481. The van der Waals surface area contributed by atoms with Crippen molar-refractivity contribution in [3.8, 4) is 0 Å². The normalized spacial score (nSPS) is 12.9. The van der Waals surface area contributed by atoms with Crippen molar-refractivity contribution in [3.63, 3.8) is 0 Å². The van der Waals surface area contributed by atoms with Crippen LogP contribution in [0.1, 0.15) is 38.3 Å². The van der Waals surface area contributed by atoms with E-state index >= 15 is 0 Å². The summed E-state index contributed by atoms with van der Waals surface area (Å²) in [6.07, 6.45) is 0.722. The molecule has 0 fully saturated rings. The third-order valence-corrected chi connectivity index (χ3v) is 6.36. The molecule has 2 amide bonds. The average molecular weight is 490 g/mol. The first-order valence-corrected chi connectivity index (χ1v) is 11.1. The summed E-state index contributed by atoms with van der Waals surface area (Å²) in [5, 5.41) is 4.54. The average Bonchev–Trinajstić information content (AvgIpc) is 2.69. The molecule has 2 atom stereocenters. The lowest BCUT2D eigenvalue weighted by Gasteiger charge is -2.30. The molecular formula is C22H24Cl4N2O2. The molecule has 2 rings (SSSR count). The van der Waals surface area contributed by atoms with Gasteiger partial charge in [-0.3, -0.25) is 9.59 Å². The SMILES string of the molecule is CCC(C)NC(=O)C(C)N(Cc1c(Cl)cccc1Cl)C(=O)Cc1c(Cl)cccc1Cl. The topological polar surface area (TPSA) is 49.4 Å². The van der Waals surface area contributed by atoms with Crippen molar-refractivity contribution in [3.05, 3.63) is 67.6 Å². The van der Waals surface area contributed by atoms with Gasteiger partial charge < -0.3 is 10.2 Å². The van der Waals surface area contributed by atoms with Crippen LogP contribution in [-0.4, -0.2) is 28.8 Å². The lowest BCUT2D eigenvalue weighted by molar-refractivity contribution is -0.140. The van der Waals surface area contributed by atoms with Crippen molar-refractivity contribution in [1.82, 2.24) is 10.2 Å². The largest absolute Gasteiger partial charge is 0.352 e. The fraction of sp³-hybridized carbons (Fsp3) is 0.364. The predicted octanol–water partition coefficient (Wildman–Crippen LogP) is 6.17. The Bertz CT molecular complexity index is 880. The number of nitrogens with zero attached hydrogens (tertiary/aromatic N) is 1. The first kappa shape index (κ1) is 24.8. The summed E-state index contributed by atoms with van der Waals surface area (Å²) in [7, 11) is 0. The zero-order chi connectivity index (χ0) is 22.4. The molecule has 1 N–H and O–H groups in total. The van der Waals surface area contributed by atoms with Crippen molar-refractivity contribution in [1.29, 1.82) is 0 Å². The number of amides is 2. The van der Waals surface area contributed by atoms with Crippen molar-refractivity contribution in [2.24, 2.45) is 0 Å². The summed E-state index contributed by atoms with van der Waals surface area (Å²) in [5.41, 5.74) is 1.08. The number of hydrogen-bond acceptors (Lipinski definition) is 2. The van der Waals surface area contributed by atoms with Gasteiger partial charge >= 0.3 is 0 Å². The van der Waals surface area contributed by atoms with E-state index in [2.05, 4.69) is 5.32 Å². The van der Waals surface area contributed by atoms with Gasteiger partial charge in [0.15, 0.2) is 0 Å². The Kier molecular flexibility index (Phi) is 9.30. The highest BCUT2D eigenvalue weighted by Gasteiger charge is 2.28. The van der Waals surface area contributed by atoms with Crippen LogP contribution in [0.2, 0.25) is 20.1 Å². The number of carbonyl (C=O) groups excluding carboxylic acids is 2. The molecule has 162 valence electrons. The Morgan fingerprint density at radius 3 is 1.83 bits per heavy atom. The fourth-order valence-electron chi connectivity index (χ4n) is 2.86.